The summed E-state index contributed by atoms with van der Waals surface area (Å²) in [7, 11) is 0. The Balaban J connectivity index is 2.28. The molecule has 2 N–H and O–H groups in total. The van der Waals surface area contributed by atoms with Crippen molar-refractivity contribution < 1.29 is 0 Å². The van der Waals surface area contributed by atoms with Crippen molar-refractivity contribution in [3.63, 3.8) is 0 Å². The van der Waals surface area contributed by atoms with Crippen molar-refractivity contribution in [3.05, 3.63) is 16.4 Å². The molecule has 2 rings (SSSR count). The Bertz CT molecular complexity index is 459. The van der Waals surface area contributed by atoms with Crippen LogP contribution in [0.3, 0.4) is 0 Å². The van der Waals surface area contributed by atoms with Crippen molar-refractivity contribution >= 4 is 15.9 Å². The topological polar surface area (TPSA) is 47.1 Å². The third-order valence-electron chi connectivity index (χ3n) is 4.75. The van der Waals surface area contributed by atoms with Gasteiger partial charge in [-0.25, -0.2) is 0 Å². The lowest BCUT2D eigenvalue weighted by Gasteiger charge is -2.42. The van der Waals surface area contributed by atoms with Crippen LogP contribution in [0.15, 0.2) is 10.7 Å². The van der Waals surface area contributed by atoms with E-state index in [-0.39, 0.29) is 11.6 Å². The van der Waals surface area contributed by atoms with Crippen LogP contribution >= 0.6 is 15.9 Å². The van der Waals surface area contributed by atoms with Gasteiger partial charge in [0.2, 0.25) is 0 Å². The molecular weight excluding hydrogens is 328 g/mol. The zero-order chi connectivity index (χ0) is 15.6. The number of nitrogens with two attached hydrogens (primary N) is 1. The lowest BCUT2D eigenvalue weighted by Crippen LogP contribution is -2.52. The second-order valence-electron chi connectivity index (χ2n) is 6.95. The van der Waals surface area contributed by atoms with Gasteiger partial charge in [0.05, 0.1) is 22.4 Å². The third kappa shape index (κ3) is 3.51. The Morgan fingerprint density at radius 1 is 1.19 bits per heavy atom. The van der Waals surface area contributed by atoms with Crippen molar-refractivity contribution in [2.24, 2.45) is 5.73 Å². The molecule has 1 aromatic rings. The van der Waals surface area contributed by atoms with Gasteiger partial charge in [-0.2, -0.15) is 5.10 Å². The summed E-state index contributed by atoms with van der Waals surface area (Å²) < 4.78 is 3.07. The summed E-state index contributed by atoms with van der Waals surface area (Å²) in [5.74, 6) is 0. The van der Waals surface area contributed by atoms with Crippen LogP contribution in [0.1, 0.15) is 71.2 Å². The molecule has 1 atom stereocenters. The largest absolute Gasteiger partial charge is 0.321 e. The summed E-state index contributed by atoms with van der Waals surface area (Å²) in [4.78, 5) is 2.56. The average molecular weight is 357 g/mol. The minimum absolute atomic E-state index is 0.0603. The molecule has 0 aromatic carbocycles. The minimum Gasteiger partial charge on any atom is -0.321 e. The van der Waals surface area contributed by atoms with E-state index in [1.54, 1.807) is 0 Å². The Hall–Kier alpha value is -0.390. The molecule has 1 aromatic heterocycles. The predicted octanol–water partition coefficient (Wildman–Crippen LogP) is 3.88. The second kappa shape index (κ2) is 6.80. The fraction of sp³-hybridized carbons (Fsp3) is 0.812. The van der Waals surface area contributed by atoms with Crippen molar-refractivity contribution in [2.45, 2.75) is 71.0 Å². The molecule has 0 saturated carbocycles. The maximum Gasteiger partial charge on any atom is 0.0715 e. The molecule has 0 amide bonds. The molecule has 1 saturated heterocycles. The highest BCUT2D eigenvalue weighted by Crippen LogP contribution is 2.35. The number of nitrogens with zero attached hydrogens (tertiary/aromatic N) is 3. The first-order valence-corrected chi connectivity index (χ1v) is 8.88. The molecule has 2 heterocycles. The zero-order valence-corrected chi connectivity index (χ0v) is 15.4. The molecule has 1 aliphatic rings. The highest BCUT2D eigenvalue weighted by Gasteiger charge is 2.37. The zero-order valence-electron chi connectivity index (χ0n) is 13.8. The molecular formula is C16H29BrN4. The SMILES string of the molecule is CC(C)n1ncc(Br)c1C(N)C(C)(C)N1CCCCCC1. The summed E-state index contributed by atoms with van der Waals surface area (Å²) in [5, 5.41) is 4.48. The average Bonchev–Trinajstić information content (AvgIpc) is 2.65. The van der Waals surface area contributed by atoms with Crippen molar-refractivity contribution in [3.8, 4) is 0 Å². The number of likely N-dealkylation sites (tertiary alicyclic amines) is 1. The monoisotopic (exact) mass is 356 g/mol. The van der Waals surface area contributed by atoms with Crippen LogP contribution in [0.2, 0.25) is 0 Å². The van der Waals surface area contributed by atoms with Crippen LogP contribution in [0.25, 0.3) is 0 Å². The van der Waals surface area contributed by atoms with E-state index in [2.05, 4.69) is 53.6 Å². The Labute approximate surface area is 137 Å². The molecule has 1 fully saturated rings. The number of rotatable bonds is 4. The van der Waals surface area contributed by atoms with E-state index < -0.39 is 0 Å². The highest BCUT2D eigenvalue weighted by atomic mass is 79.9. The number of aromatic nitrogens is 2. The summed E-state index contributed by atoms with van der Waals surface area (Å²) in [6.45, 7) is 11.1. The Kier molecular flexibility index (Phi) is 5.49. The first kappa shape index (κ1) is 17.0. The van der Waals surface area contributed by atoms with Crippen LogP contribution in [-0.2, 0) is 0 Å². The van der Waals surface area contributed by atoms with Crippen LogP contribution in [0.4, 0.5) is 0 Å². The van der Waals surface area contributed by atoms with Gasteiger partial charge in [-0.05, 0) is 69.6 Å². The van der Waals surface area contributed by atoms with Gasteiger partial charge in [0, 0.05) is 11.6 Å². The molecule has 120 valence electrons. The standard InChI is InChI=1S/C16H29BrN4/c1-12(2)21-14(13(17)11-19-21)15(18)16(3,4)20-9-7-5-6-8-10-20/h11-12,15H,5-10,18H2,1-4H3. The molecule has 0 spiro atoms. The van der Waals surface area contributed by atoms with E-state index >= 15 is 0 Å². The number of hydrogen-bond donors (Lipinski definition) is 1. The number of halogens is 1. The number of hydrogen-bond acceptors (Lipinski definition) is 3. The van der Waals surface area contributed by atoms with E-state index in [1.807, 2.05) is 10.9 Å². The summed E-state index contributed by atoms with van der Waals surface area (Å²) >= 11 is 3.64. The van der Waals surface area contributed by atoms with E-state index in [0.717, 1.165) is 23.3 Å². The lowest BCUT2D eigenvalue weighted by atomic mass is 9.90. The van der Waals surface area contributed by atoms with Crippen LogP contribution < -0.4 is 5.73 Å². The molecule has 4 nitrogen and oxygen atoms in total. The van der Waals surface area contributed by atoms with Crippen LogP contribution in [-0.4, -0.2) is 33.3 Å². The van der Waals surface area contributed by atoms with Crippen molar-refractivity contribution in [1.82, 2.24) is 14.7 Å². The van der Waals surface area contributed by atoms with Crippen LogP contribution in [0, 0.1) is 0 Å². The maximum atomic E-state index is 6.71. The molecule has 0 radical (unpaired) electrons. The maximum absolute atomic E-state index is 6.71. The molecule has 1 aliphatic heterocycles. The van der Waals surface area contributed by atoms with Gasteiger partial charge in [-0.3, -0.25) is 9.58 Å². The first-order chi connectivity index (χ1) is 9.85. The van der Waals surface area contributed by atoms with Gasteiger partial charge >= 0.3 is 0 Å². The molecule has 0 aliphatic carbocycles. The van der Waals surface area contributed by atoms with Crippen molar-refractivity contribution in [1.29, 1.82) is 0 Å². The first-order valence-electron chi connectivity index (χ1n) is 8.09. The lowest BCUT2D eigenvalue weighted by molar-refractivity contribution is 0.0941. The minimum atomic E-state index is -0.0699. The third-order valence-corrected chi connectivity index (χ3v) is 5.36. The molecule has 5 heteroatoms. The van der Waals surface area contributed by atoms with E-state index in [9.17, 15) is 0 Å². The predicted molar refractivity (Wildman–Crippen MR) is 91.4 cm³/mol. The van der Waals surface area contributed by atoms with E-state index in [4.69, 9.17) is 5.73 Å². The smallest absolute Gasteiger partial charge is 0.0715 e. The molecule has 21 heavy (non-hydrogen) atoms. The van der Waals surface area contributed by atoms with Gasteiger partial charge in [0.25, 0.3) is 0 Å². The van der Waals surface area contributed by atoms with Gasteiger partial charge in [0.15, 0.2) is 0 Å². The highest BCUT2D eigenvalue weighted by molar-refractivity contribution is 9.10. The molecule has 1 unspecified atom stereocenters. The summed E-state index contributed by atoms with van der Waals surface area (Å²) in [6.07, 6.45) is 7.11. The van der Waals surface area contributed by atoms with Gasteiger partial charge in [-0.15, -0.1) is 0 Å². The normalized spacial score (nSPS) is 19.8. The quantitative estimate of drug-likeness (QED) is 0.890. The van der Waals surface area contributed by atoms with Gasteiger partial charge in [-0.1, -0.05) is 12.8 Å². The van der Waals surface area contributed by atoms with E-state index in [0.29, 0.717) is 6.04 Å². The fourth-order valence-electron chi connectivity index (χ4n) is 3.23. The van der Waals surface area contributed by atoms with Crippen LogP contribution in [0.5, 0.6) is 0 Å². The summed E-state index contributed by atoms with van der Waals surface area (Å²) in [5.41, 5.74) is 7.75. The van der Waals surface area contributed by atoms with Crippen molar-refractivity contribution in [2.75, 3.05) is 13.1 Å². The van der Waals surface area contributed by atoms with Gasteiger partial charge in [0.1, 0.15) is 0 Å². The Morgan fingerprint density at radius 2 is 1.76 bits per heavy atom. The Morgan fingerprint density at radius 3 is 2.29 bits per heavy atom. The second-order valence-corrected chi connectivity index (χ2v) is 7.80. The molecule has 0 bridgehead atoms. The fourth-order valence-corrected chi connectivity index (χ4v) is 3.75. The summed E-state index contributed by atoms with van der Waals surface area (Å²) in [6, 6.07) is 0.257. The van der Waals surface area contributed by atoms with E-state index in [1.165, 1.54) is 25.7 Å². The van der Waals surface area contributed by atoms with Gasteiger partial charge < -0.3 is 5.73 Å².